The van der Waals surface area contributed by atoms with Gasteiger partial charge in [-0.3, -0.25) is 0 Å². The Morgan fingerprint density at radius 1 is 0.955 bits per heavy atom. The van der Waals surface area contributed by atoms with Gasteiger partial charge in [0, 0.05) is 12.1 Å². The van der Waals surface area contributed by atoms with Crippen LogP contribution in [0.1, 0.15) is 65.9 Å². The smallest absolute Gasteiger partial charge is 0.207 e. The lowest BCUT2D eigenvalue weighted by Crippen LogP contribution is -2.44. The summed E-state index contributed by atoms with van der Waals surface area (Å²) in [5, 5.41) is 0. The molecule has 0 amide bonds. The maximum Gasteiger partial charge on any atom is 0.243 e. The monoisotopic (exact) mass is 325 g/mol. The minimum Gasteiger partial charge on any atom is -0.207 e. The molecule has 0 aliphatic rings. The normalized spacial score (nSPS) is 15.0. The summed E-state index contributed by atoms with van der Waals surface area (Å²) in [5.41, 5.74) is 1.21. The van der Waals surface area contributed by atoms with Crippen LogP contribution >= 0.6 is 0 Å². The van der Waals surface area contributed by atoms with Crippen molar-refractivity contribution in [3.8, 4) is 0 Å². The molecular formula is C18H31NO2S. The molecule has 0 aromatic heterocycles. The summed E-state index contributed by atoms with van der Waals surface area (Å²) in [6, 6.07) is 7.46. The van der Waals surface area contributed by atoms with Gasteiger partial charge < -0.3 is 0 Å². The van der Waals surface area contributed by atoms with Gasteiger partial charge in [-0.25, -0.2) is 8.42 Å². The fourth-order valence-electron chi connectivity index (χ4n) is 2.60. The second kappa shape index (κ2) is 8.68. The molecule has 0 spiro atoms. The number of sulfonamides is 1. The Bertz CT molecular complexity index is 527. The van der Waals surface area contributed by atoms with Crippen molar-refractivity contribution in [1.29, 1.82) is 0 Å². The fraction of sp³-hybridized carbons (Fsp3) is 0.667. The summed E-state index contributed by atoms with van der Waals surface area (Å²) in [6.07, 6.45) is 4.93. The molecule has 22 heavy (non-hydrogen) atoms. The molecule has 0 bridgehead atoms. The lowest BCUT2D eigenvalue weighted by Gasteiger charge is -2.32. The quantitative estimate of drug-likeness (QED) is 0.664. The van der Waals surface area contributed by atoms with E-state index in [1.165, 1.54) is 5.56 Å². The van der Waals surface area contributed by atoms with Crippen LogP contribution in [0.25, 0.3) is 0 Å². The van der Waals surface area contributed by atoms with E-state index >= 15 is 0 Å². The molecule has 2 unspecified atom stereocenters. The topological polar surface area (TPSA) is 37.4 Å². The minimum atomic E-state index is -3.43. The van der Waals surface area contributed by atoms with E-state index in [2.05, 4.69) is 6.92 Å². The van der Waals surface area contributed by atoms with E-state index in [9.17, 15) is 8.42 Å². The van der Waals surface area contributed by atoms with E-state index < -0.39 is 10.0 Å². The first-order valence-corrected chi connectivity index (χ1v) is 9.94. The van der Waals surface area contributed by atoms with E-state index in [0.29, 0.717) is 4.90 Å². The molecule has 0 saturated carbocycles. The molecule has 1 rings (SSSR count). The van der Waals surface area contributed by atoms with Gasteiger partial charge in [0.25, 0.3) is 0 Å². The Kier molecular flexibility index (Phi) is 7.57. The molecule has 0 fully saturated rings. The number of hydrogen-bond donors (Lipinski definition) is 0. The third-order valence-corrected chi connectivity index (χ3v) is 6.51. The minimum absolute atomic E-state index is 0.0136. The molecule has 0 aliphatic heterocycles. The van der Waals surface area contributed by atoms with Crippen molar-refractivity contribution < 1.29 is 8.42 Å². The zero-order valence-corrected chi connectivity index (χ0v) is 15.5. The van der Waals surface area contributed by atoms with Crippen molar-refractivity contribution in [3.05, 3.63) is 29.8 Å². The molecule has 2 atom stereocenters. The maximum absolute atomic E-state index is 13.0. The van der Waals surface area contributed by atoms with Crippen LogP contribution in [-0.4, -0.2) is 24.8 Å². The first-order valence-electron chi connectivity index (χ1n) is 8.50. The van der Waals surface area contributed by atoms with Crippen LogP contribution < -0.4 is 0 Å². The molecule has 3 nitrogen and oxygen atoms in total. The van der Waals surface area contributed by atoms with Crippen LogP contribution in [-0.2, 0) is 16.4 Å². The summed E-state index contributed by atoms with van der Waals surface area (Å²) >= 11 is 0. The molecule has 0 heterocycles. The predicted molar refractivity (Wildman–Crippen MR) is 93.6 cm³/mol. The number of aryl methyl sites for hydroxylation is 1. The lowest BCUT2D eigenvalue weighted by molar-refractivity contribution is 0.262. The zero-order chi connectivity index (χ0) is 16.8. The molecule has 1 aromatic rings. The number of nitrogens with zero attached hydrogens (tertiary/aromatic N) is 1. The van der Waals surface area contributed by atoms with Crippen LogP contribution in [0.4, 0.5) is 0 Å². The Labute approximate surface area is 136 Å². The summed E-state index contributed by atoms with van der Waals surface area (Å²) in [4.78, 5) is 0.411. The Morgan fingerprint density at radius 3 is 1.86 bits per heavy atom. The molecule has 0 saturated heterocycles. The van der Waals surface area contributed by atoms with Gasteiger partial charge in [0.1, 0.15) is 0 Å². The van der Waals surface area contributed by atoms with Crippen molar-refractivity contribution in [1.82, 2.24) is 4.31 Å². The highest BCUT2D eigenvalue weighted by Gasteiger charge is 2.31. The predicted octanol–water partition coefficient (Wildman–Crippen LogP) is 4.62. The van der Waals surface area contributed by atoms with Crippen molar-refractivity contribution in [3.63, 3.8) is 0 Å². The molecule has 0 aliphatic carbocycles. The summed E-state index contributed by atoms with van der Waals surface area (Å²) in [6.45, 7) is 10.2. The van der Waals surface area contributed by atoms with Crippen molar-refractivity contribution >= 4 is 10.0 Å². The largest absolute Gasteiger partial charge is 0.243 e. The van der Waals surface area contributed by atoms with Gasteiger partial charge in [-0.15, -0.1) is 0 Å². The van der Waals surface area contributed by atoms with Gasteiger partial charge in [-0.2, -0.15) is 4.31 Å². The number of rotatable bonds is 9. The molecule has 1 aromatic carbocycles. The summed E-state index contributed by atoms with van der Waals surface area (Å²) in [7, 11) is -3.43. The highest BCUT2D eigenvalue weighted by atomic mass is 32.2. The van der Waals surface area contributed by atoms with E-state index in [1.54, 1.807) is 16.4 Å². The van der Waals surface area contributed by atoms with Crippen LogP contribution in [0.2, 0.25) is 0 Å². The van der Waals surface area contributed by atoms with Crippen LogP contribution in [0.3, 0.4) is 0 Å². The van der Waals surface area contributed by atoms with Crippen LogP contribution in [0.5, 0.6) is 0 Å². The molecule has 0 N–H and O–H groups in total. The van der Waals surface area contributed by atoms with E-state index in [-0.39, 0.29) is 12.1 Å². The Hall–Kier alpha value is -0.870. The molecule has 4 heteroatoms. The number of unbranched alkanes of at least 4 members (excludes halogenated alkanes) is 1. The zero-order valence-electron chi connectivity index (χ0n) is 14.7. The van der Waals surface area contributed by atoms with Crippen LogP contribution in [0.15, 0.2) is 29.2 Å². The van der Waals surface area contributed by atoms with Gasteiger partial charge in [-0.05, 0) is 57.2 Å². The van der Waals surface area contributed by atoms with Gasteiger partial charge in [-0.1, -0.05) is 39.3 Å². The third-order valence-electron chi connectivity index (χ3n) is 4.37. The lowest BCUT2D eigenvalue weighted by atomic mass is 10.1. The first-order chi connectivity index (χ1) is 10.4. The Balaban J connectivity index is 3.09. The highest BCUT2D eigenvalue weighted by Crippen LogP contribution is 2.24. The van der Waals surface area contributed by atoms with E-state index in [1.807, 2.05) is 39.8 Å². The second-order valence-corrected chi connectivity index (χ2v) is 7.94. The van der Waals surface area contributed by atoms with E-state index in [0.717, 1.165) is 32.1 Å². The molecular weight excluding hydrogens is 294 g/mol. The molecule has 126 valence electrons. The van der Waals surface area contributed by atoms with Crippen molar-refractivity contribution in [2.75, 3.05) is 0 Å². The second-order valence-electron chi connectivity index (χ2n) is 6.10. The van der Waals surface area contributed by atoms with E-state index in [4.69, 9.17) is 0 Å². The number of hydrogen-bond acceptors (Lipinski definition) is 2. The first kappa shape index (κ1) is 19.2. The highest BCUT2D eigenvalue weighted by molar-refractivity contribution is 7.89. The molecule has 0 radical (unpaired) electrons. The fourth-order valence-corrected chi connectivity index (χ4v) is 4.57. The third kappa shape index (κ3) is 4.56. The maximum atomic E-state index is 13.0. The van der Waals surface area contributed by atoms with Crippen LogP contribution in [0, 0.1) is 0 Å². The van der Waals surface area contributed by atoms with Crippen molar-refractivity contribution in [2.24, 2.45) is 0 Å². The average molecular weight is 326 g/mol. The van der Waals surface area contributed by atoms with Gasteiger partial charge >= 0.3 is 0 Å². The standard InChI is InChI=1S/C18H31NO2S/c1-6-9-10-17-11-13-18(14-12-17)22(20,21)19(15(4)7-2)16(5)8-3/h11-16H,6-10H2,1-5H3. The summed E-state index contributed by atoms with van der Waals surface area (Å²) in [5.74, 6) is 0. The average Bonchev–Trinajstić information content (AvgIpc) is 2.52. The Morgan fingerprint density at radius 2 is 1.45 bits per heavy atom. The SMILES string of the molecule is CCCCc1ccc(S(=O)(=O)N(C(C)CC)C(C)CC)cc1. The van der Waals surface area contributed by atoms with Gasteiger partial charge in [0.15, 0.2) is 0 Å². The van der Waals surface area contributed by atoms with Gasteiger partial charge in [0.2, 0.25) is 10.0 Å². The van der Waals surface area contributed by atoms with Gasteiger partial charge in [0.05, 0.1) is 4.90 Å². The van der Waals surface area contributed by atoms with Crippen molar-refractivity contribution in [2.45, 2.75) is 83.7 Å². The summed E-state index contributed by atoms with van der Waals surface area (Å²) < 4.78 is 27.6. The number of benzene rings is 1.